The molecule has 0 saturated heterocycles. The first-order chi connectivity index (χ1) is 21.5. The van der Waals surface area contributed by atoms with Gasteiger partial charge in [0.1, 0.15) is 0 Å². The van der Waals surface area contributed by atoms with Gasteiger partial charge >= 0.3 is 11.9 Å². The smallest absolute Gasteiger partial charge is 0.327 e. The van der Waals surface area contributed by atoms with Crippen LogP contribution >= 0.6 is 0 Å². The third-order valence-corrected chi connectivity index (χ3v) is 8.05. The van der Waals surface area contributed by atoms with Gasteiger partial charge in [0.2, 0.25) is 0 Å². The summed E-state index contributed by atoms with van der Waals surface area (Å²) >= 11 is 0. The number of allylic oxidation sites excluding steroid dienone is 5. The highest BCUT2D eigenvalue weighted by molar-refractivity contribution is 5.79. The normalized spacial score (nSPS) is 11.5. The van der Waals surface area contributed by atoms with Crippen LogP contribution in [0.2, 0.25) is 0 Å². The Morgan fingerprint density at radius 3 is 0.955 bits per heavy atom. The van der Waals surface area contributed by atoms with Crippen LogP contribution in [0.15, 0.2) is 36.5 Å². The van der Waals surface area contributed by atoms with Crippen LogP contribution < -0.4 is 0 Å². The SMILES string of the molecule is CCCCCCCC/C=C\CCCCCCCCCC(=O)O.CCCCCCCCC=CCCCCCCC/C=C\C(=O)O. The van der Waals surface area contributed by atoms with E-state index in [-0.39, 0.29) is 0 Å². The summed E-state index contributed by atoms with van der Waals surface area (Å²) in [5.74, 6) is -1.50. The first kappa shape index (κ1) is 44.3. The first-order valence-corrected chi connectivity index (χ1v) is 19.0. The van der Waals surface area contributed by atoms with Crippen molar-refractivity contribution in [1.82, 2.24) is 0 Å². The molecule has 0 aromatic rings. The van der Waals surface area contributed by atoms with Crippen LogP contribution in [0, 0.1) is 0 Å². The van der Waals surface area contributed by atoms with Crippen molar-refractivity contribution < 1.29 is 19.8 Å². The van der Waals surface area contributed by atoms with Crippen molar-refractivity contribution in [1.29, 1.82) is 0 Å². The lowest BCUT2D eigenvalue weighted by Crippen LogP contribution is -1.93. The third kappa shape index (κ3) is 47.1. The zero-order valence-electron chi connectivity index (χ0n) is 29.4. The zero-order chi connectivity index (χ0) is 32.6. The monoisotopic (exact) mass is 619 g/mol. The molecule has 0 radical (unpaired) electrons. The highest BCUT2D eigenvalue weighted by atomic mass is 16.4. The summed E-state index contributed by atoms with van der Waals surface area (Å²) in [6.45, 7) is 4.53. The molecule has 4 nitrogen and oxygen atoms in total. The molecule has 2 N–H and O–H groups in total. The lowest BCUT2D eigenvalue weighted by molar-refractivity contribution is -0.137. The van der Waals surface area contributed by atoms with Crippen molar-refractivity contribution in [3.05, 3.63) is 36.5 Å². The number of hydrogen-bond donors (Lipinski definition) is 2. The molecule has 0 bridgehead atoms. The Hall–Kier alpha value is -1.84. The minimum absolute atomic E-state index is 0.337. The Labute approximate surface area is 274 Å². The Morgan fingerprint density at radius 1 is 0.386 bits per heavy atom. The van der Waals surface area contributed by atoms with Crippen LogP contribution in [0.1, 0.15) is 206 Å². The quantitative estimate of drug-likeness (QED) is 0.0436. The number of unbranched alkanes of at least 4 members (excludes halogenated alkanes) is 25. The van der Waals surface area contributed by atoms with Crippen LogP contribution in [0.3, 0.4) is 0 Å². The van der Waals surface area contributed by atoms with Crippen molar-refractivity contribution in [3.63, 3.8) is 0 Å². The van der Waals surface area contributed by atoms with Gasteiger partial charge in [0, 0.05) is 12.5 Å². The molecule has 0 fully saturated rings. The molecule has 44 heavy (non-hydrogen) atoms. The van der Waals surface area contributed by atoms with E-state index in [1.54, 1.807) is 6.08 Å². The number of aliphatic carboxylic acids is 2. The Balaban J connectivity index is 0. The van der Waals surface area contributed by atoms with E-state index < -0.39 is 11.9 Å². The number of carboxylic acids is 2. The summed E-state index contributed by atoms with van der Waals surface area (Å²) in [5.41, 5.74) is 0. The molecule has 0 spiro atoms. The maximum atomic E-state index is 10.4. The average molecular weight is 619 g/mol. The second-order valence-electron chi connectivity index (χ2n) is 12.5. The van der Waals surface area contributed by atoms with Crippen LogP contribution in [0.4, 0.5) is 0 Å². The maximum absolute atomic E-state index is 10.4. The van der Waals surface area contributed by atoms with E-state index >= 15 is 0 Å². The van der Waals surface area contributed by atoms with E-state index in [1.807, 2.05) is 0 Å². The van der Waals surface area contributed by atoms with E-state index in [9.17, 15) is 9.59 Å². The fourth-order valence-electron chi connectivity index (χ4n) is 5.22. The fraction of sp³-hybridized carbons (Fsp3) is 0.800. The lowest BCUT2D eigenvalue weighted by atomic mass is 10.1. The highest BCUT2D eigenvalue weighted by Crippen LogP contribution is 2.12. The molecule has 0 aromatic carbocycles. The van der Waals surface area contributed by atoms with Crippen molar-refractivity contribution in [2.24, 2.45) is 0 Å². The van der Waals surface area contributed by atoms with Gasteiger partial charge in [0.15, 0.2) is 0 Å². The molecule has 0 rings (SSSR count). The summed E-state index contributed by atoms with van der Waals surface area (Å²) in [6, 6.07) is 0. The number of rotatable bonds is 33. The highest BCUT2D eigenvalue weighted by Gasteiger charge is 1.96. The second-order valence-corrected chi connectivity index (χ2v) is 12.5. The molecule has 0 aliphatic rings. The minimum atomic E-state index is -0.840. The lowest BCUT2D eigenvalue weighted by Gasteiger charge is -2.00. The van der Waals surface area contributed by atoms with Gasteiger partial charge in [-0.05, 0) is 70.6 Å². The molecule has 4 heteroatoms. The Bertz CT molecular complexity index is 664. The molecule has 0 saturated carbocycles. The van der Waals surface area contributed by atoms with Crippen LogP contribution in [0.5, 0.6) is 0 Å². The predicted octanol–water partition coefficient (Wildman–Crippen LogP) is 13.6. The molecule has 258 valence electrons. The van der Waals surface area contributed by atoms with Crippen LogP contribution in [-0.2, 0) is 9.59 Å². The minimum Gasteiger partial charge on any atom is -0.481 e. The summed E-state index contributed by atoms with van der Waals surface area (Å²) < 4.78 is 0. The van der Waals surface area contributed by atoms with Crippen molar-refractivity contribution in [3.8, 4) is 0 Å². The van der Waals surface area contributed by atoms with Crippen molar-refractivity contribution in [2.75, 3.05) is 0 Å². The molecule has 0 atom stereocenters. The second kappa shape index (κ2) is 41.2. The van der Waals surface area contributed by atoms with Gasteiger partial charge in [-0.2, -0.15) is 0 Å². The van der Waals surface area contributed by atoms with E-state index in [1.165, 1.54) is 167 Å². The van der Waals surface area contributed by atoms with E-state index in [0.29, 0.717) is 6.42 Å². The molecule has 0 unspecified atom stereocenters. The van der Waals surface area contributed by atoms with E-state index in [4.69, 9.17) is 10.2 Å². The number of carbonyl (C=O) groups is 2. The number of carboxylic acid groups (broad SMARTS) is 2. The Morgan fingerprint density at radius 2 is 0.659 bits per heavy atom. The molecule has 0 aliphatic heterocycles. The first-order valence-electron chi connectivity index (χ1n) is 19.0. The summed E-state index contributed by atoms with van der Waals surface area (Å²) in [5, 5.41) is 17.0. The Kier molecular flexibility index (Phi) is 41.4. The predicted molar refractivity (Wildman–Crippen MR) is 193 cm³/mol. The largest absolute Gasteiger partial charge is 0.481 e. The van der Waals surface area contributed by atoms with Crippen molar-refractivity contribution >= 4 is 11.9 Å². The number of hydrogen-bond acceptors (Lipinski definition) is 2. The molecule has 0 amide bonds. The topological polar surface area (TPSA) is 74.6 Å². The summed E-state index contributed by atoms with van der Waals surface area (Å²) in [4.78, 5) is 20.6. The third-order valence-electron chi connectivity index (χ3n) is 8.05. The van der Waals surface area contributed by atoms with Crippen molar-refractivity contribution in [2.45, 2.75) is 206 Å². The zero-order valence-corrected chi connectivity index (χ0v) is 29.4. The summed E-state index contributed by atoms with van der Waals surface area (Å²) in [6.07, 6.45) is 49.7. The van der Waals surface area contributed by atoms with E-state index in [2.05, 4.69) is 38.2 Å². The molecule has 0 aromatic heterocycles. The standard InChI is InChI=1S/C20H38O2.C20H36O2/c2*1-2-3-4-5-6-7-8-9-10-11-12-13-14-15-16-17-18-19-20(21)22/h9-10H,2-8,11-19H2,1H3,(H,21,22);9-10,18-19H,2-8,11-17H2,1H3,(H,21,22)/b10-9-;10-9?,19-18-. The van der Waals surface area contributed by atoms with Gasteiger partial charge in [-0.1, -0.05) is 160 Å². The maximum Gasteiger partial charge on any atom is 0.327 e. The van der Waals surface area contributed by atoms with Gasteiger partial charge in [-0.25, -0.2) is 4.79 Å². The van der Waals surface area contributed by atoms with Gasteiger partial charge in [0.25, 0.3) is 0 Å². The van der Waals surface area contributed by atoms with Gasteiger partial charge in [-0.3, -0.25) is 4.79 Å². The van der Waals surface area contributed by atoms with Gasteiger partial charge < -0.3 is 10.2 Å². The van der Waals surface area contributed by atoms with Gasteiger partial charge in [0.05, 0.1) is 0 Å². The molecule has 0 heterocycles. The average Bonchev–Trinajstić information content (AvgIpc) is 3.00. The van der Waals surface area contributed by atoms with Crippen LogP contribution in [-0.4, -0.2) is 22.2 Å². The summed E-state index contributed by atoms with van der Waals surface area (Å²) in [7, 11) is 0. The molecule has 0 aliphatic carbocycles. The van der Waals surface area contributed by atoms with Gasteiger partial charge in [-0.15, -0.1) is 0 Å². The fourth-order valence-corrected chi connectivity index (χ4v) is 5.22. The van der Waals surface area contributed by atoms with Crippen LogP contribution in [0.25, 0.3) is 0 Å². The van der Waals surface area contributed by atoms with E-state index in [0.717, 1.165) is 25.7 Å². The molecular formula is C40H74O4. The molecular weight excluding hydrogens is 544 g/mol.